The van der Waals surface area contributed by atoms with Crippen LogP contribution in [-0.4, -0.2) is 48.2 Å². The molecule has 0 aliphatic carbocycles. The van der Waals surface area contributed by atoms with Crippen LogP contribution in [0.15, 0.2) is 25.3 Å². The average Bonchev–Trinajstić information content (AvgIpc) is 2.60. The second-order valence-electron chi connectivity index (χ2n) is 10.7. The lowest BCUT2D eigenvalue weighted by atomic mass is 10.2. The van der Waals surface area contributed by atoms with Crippen molar-refractivity contribution >= 4 is 83.4 Å². The molecule has 4 atom stereocenters. The fraction of sp³-hybridized carbons (Fsp3) is 0.818. The van der Waals surface area contributed by atoms with Crippen LogP contribution >= 0.6 is 66.8 Å². The van der Waals surface area contributed by atoms with Gasteiger partial charge in [0.2, 0.25) is 0 Å². The normalized spacial score (nSPS) is 17.9. The highest BCUT2D eigenvalue weighted by molar-refractivity contribution is 14.1. The zero-order valence-electron chi connectivity index (χ0n) is 20.7. The lowest BCUT2D eigenvalue weighted by Crippen LogP contribution is -2.46. The van der Waals surface area contributed by atoms with Crippen molar-refractivity contribution in [3.8, 4) is 0 Å². The van der Waals surface area contributed by atoms with Gasteiger partial charge in [0, 0.05) is 8.86 Å². The van der Waals surface area contributed by atoms with E-state index in [4.69, 9.17) is 8.85 Å². The number of hydrogen-bond acceptors (Lipinski definition) is 4. The predicted octanol–water partition coefficient (Wildman–Crippen LogP) is 9.13. The maximum Gasteiger partial charge on any atom is 0.192 e. The highest BCUT2D eigenvalue weighted by Crippen LogP contribution is 2.43. The van der Waals surface area contributed by atoms with Crippen molar-refractivity contribution in [2.45, 2.75) is 101 Å². The van der Waals surface area contributed by atoms with Crippen LogP contribution in [0.4, 0.5) is 0 Å². The zero-order valence-corrected chi connectivity index (χ0v) is 28.6. The third-order valence-corrected chi connectivity index (χ3v) is 21.6. The Bertz CT molecular complexity index is 498. The van der Waals surface area contributed by atoms with Gasteiger partial charge < -0.3 is 8.85 Å². The monoisotopic (exact) mass is 714 g/mol. The summed E-state index contributed by atoms with van der Waals surface area (Å²) in [6.07, 6.45) is 4.15. The number of rotatable bonds is 13. The molecule has 0 heterocycles. The molecule has 0 amide bonds. The van der Waals surface area contributed by atoms with Crippen LogP contribution in [0, 0.1) is 0 Å². The fourth-order valence-corrected chi connectivity index (χ4v) is 11.3. The van der Waals surface area contributed by atoms with E-state index < -0.39 is 16.6 Å². The van der Waals surface area contributed by atoms with E-state index in [9.17, 15) is 0 Å². The third-order valence-electron chi connectivity index (χ3n) is 6.28. The minimum Gasteiger partial charge on any atom is -0.409 e. The van der Waals surface area contributed by atoms with E-state index in [1.807, 2.05) is 33.7 Å². The van der Waals surface area contributed by atoms with Crippen LogP contribution in [-0.2, 0) is 8.85 Å². The Morgan fingerprint density at radius 2 is 1.00 bits per heavy atom. The minimum atomic E-state index is -1.85. The summed E-state index contributed by atoms with van der Waals surface area (Å²) in [5.41, 5.74) is 0. The molecule has 0 fully saturated rings. The van der Waals surface area contributed by atoms with Gasteiger partial charge in [0.15, 0.2) is 16.6 Å². The van der Waals surface area contributed by atoms with E-state index in [1.54, 1.807) is 0 Å². The molecule has 0 bridgehead atoms. The topological polar surface area (TPSA) is 18.5 Å². The van der Waals surface area contributed by atoms with Crippen LogP contribution in [0.3, 0.4) is 0 Å². The Morgan fingerprint density at radius 3 is 1.17 bits per heavy atom. The van der Waals surface area contributed by atoms with Crippen LogP contribution in [0.1, 0.15) is 41.5 Å². The van der Waals surface area contributed by atoms with Gasteiger partial charge in [-0.25, -0.2) is 0 Å². The first-order chi connectivity index (χ1) is 13.5. The van der Waals surface area contributed by atoms with E-state index in [0.717, 1.165) is 8.86 Å². The fourth-order valence-electron chi connectivity index (χ4n) is 2.06. The van der Waals surface area contributed by atoms with Crippen molar-refractivity contribution in [2.24, 2.45) is 0 Å². The standard InChI is InChI=1S/C22H44I2O2S2Si2/c1-13-17(25-29(9,10)21(3,4)5)19(15-23)27-28-20(16-24)18(14-2)26-30(11,12)22(6,7)8/h13-14,17-20H,1-2,15-16H2,3-12H3. The van der Waals surface area contributed by atoms with Gasteiger partial charge in [-0.1, -0.05) is 120 Å². The molecule has 0 N–H and O–H groups in total. The Hall–Kier alpha value is 1.99. The molecular weight excluding hydrogens is 670 g/mol. The van der Waals surface area contributed by atoms with E-state index in [-0.39, 0.29) is 22.3 Å². The van der Waals surface area contributed by atoms with Crippen molar-refractivity contribution in [1.29, 1.82) is 0 Å². The molecule has 0 aromatic carbocycles. The molecule has 4 unspecified atom stereocenters. The summed E-state index contributed by atoms with van der Waals surface area (Å²) in [5, 5.41) is 1.12. The predicted molar refractivity (Wildman–Crippen MR) is 165 cm³/mol. The van der Waals surface area contributed by atoms with E-state index >= 15 is 0 Å². The highest BCUT2D eigenvalue weighted by atomic mass is 127. The van der Waals surface area contributed by atoms with Gasteiger partial charge >= 0.3 is 0 Å². The van der Waals surface area contributed by atoms with Gasteiger partial charge in [0.05, 0.1) is 22.7 Å². The molecule has 0 rings (SSSR count). The Morgan fingerprint density at radius 1 is 0.733 bits per heavy atom. The largest absolute Gasteiger partial charge is 0.409 e. The second-order valence-corrected chi connectivity index (χ2v) is 24.8. The molecule has 0 saturated carbocycles. The Balaban J connectivity index is 5.30. The van der Waals surface area contributed by atoms with E-state index in [1.165, 1.54) is 0 Å². The number of halogens is 2. The molecule has 8 heteroatoms. The minimum absolute atomic E-state index is 0.0682. The zero-order chi connectivity index (χ0) is 24.0. The third kappa shape index (κ3) is 9.70. The first kappa shape index (κ1) is 32.0. The van der Waals surface area contributed by atoms with Crippen LogP contribution in [0.5, 0.6) is 0 Å². The smallest absolute Gasteiger partial charge is 0.192 e. The van der Waals surface area contributed by atoms with Crippen molar-refractivity contribution in [3.05, 3.63) is 25.3 Å². The molecule has 0 aromatic rings. The maximum absolute atomic E-state index is 6.72. The summed E-state index contributed by atoms with van der Waals surface area (Å²) in [6.45, 7) is 31.2. The van der Waals surface area contributed by atoms with Crippen LogP contribution < -0.4 is 0 Å². The van der Waals surface area contributed by atoms with Gasteiger partial charge in [-0.05, 0) is 36.3 Å². The molecule has 0 aliphatic rings. The lowest BCUT2D eigenvalue weighted by molar-refractivity contribution is 0.227. The summed E-state index contributed by atoms with van der Waals surface area (Å²) in [7, 11) is 0.171. The van der Waals surface area contributed by atoms with Gasteiger partial charge in [-0.15, -0.1) is 13.2 Å². The van der Waals surface area contributed by atoms with Crippen molar-refractivity contribution in [3.63, 3.8) is 0 Å². The summed E-state index contributed by atoms with van der Waals surface area (Å²) in [4.78, 5) is 0. The molecule has 0 aliphatic heterocycles. The summed E-state index contributed by atoms with van der Waals surface area (Å²) < 4.78 is 15.5. The molecule has 178 valence electrons. The van der Waals surface area contributed by atoms with Crippen LogP contribution in [0.25, 0.3) is 0 Å². The molecule has 2 nitrogen and oxygen atoms in total. The van der Waals surface area contributed by atoms with Crippen molar-refractivity contribution in [2.75, 3.05) is 8.86 Å². The molecule has 0 aromatic heterocycles. The molecular formula is C22H44I2O2S2Si2. The molecule has 30 heavy (non-hydrogen) atoms. The summed E-state index contributed by atoms with van der Waals surface area (Å²) >= 11 is 4.97. The van der Waals surface area contributed by atoms with Gasteiger partial charge in [-0.3, -0.25) is 0 Å². The maximum atomic E-state index is 6.72. The molecule has 0 spiro atoms. The highest BCUT2D eigenvalue weighted by Gasteiger charge is 2.42. The van der Waals surface area contributed by atoms with Gasteiger partial charge in [-0.2, -0.15) is 0 Å². The van der Waals surface area contributed by atoms with Crippen molar-refractivity contribution < 1.29 is 8.85 Å². The SMILES string of the molecule is C=CC(O[Si](C)(C)C(C)(C)C)C(CI)SSC(CI)C(C=C)O[Si](C)(C)C(C)(C)C. The number of alkyl halides is 2. The quantitative estimate of drug-likeness (QED) is 0.0623. The van der Waals surface area contributed by atoms with E-state index in [2.05, 4.69) is 126 Å². The first-order valence-electron chi connectivity index (χ1n) is 10.5. The lowest BCUT2D eigenvalue weighted by Gasteiger charge is -2.41. The summed E-state index contributed by atoms with van der Waals surface area (Å²) in [6, 6.07) is 0. The Labute approximate surface area is 224 Å². The molecule has 0 radical (unpaired) electrons. The van der Waals surface area contributed by atoms with Crippen LogP contribution in [0.2, 0.25) is 36.3 Å². The second kappa shape index (κ2) is 13.2. The summed E-state index contributed by atoms with van der Waals surface area (Å²) in [5.74, 6) is 0. The van der Waals surface area contributed by atoms with Gasteiger partial charge in [0.25, 0.3) is 0 Å². The average molecular weight is 715 g/mol. The number of hydrogen-bond donors (Lipinski definition) is 0. The van der Waals surface area contributed by atoms with E-state index in [0.29, 0.717) is 10.5 Å². The first-order valence-corrected chi connectivity index (χ1v) is 21.7. The van der Waals surface area contributed by atoms with Gasteiger partial charge in [0.1, 0.15) is 0 Å². The van der Waals surface area contributed by atoms with Crippen molar-refractivity contribution in [1.82, 2.24) is 0 Å². The Kier molecular flexibility index (Phi) is 14.1. The molecule has 0 saturated heterocycles.